The van der Waals surface area contributed by atoms with E-state index in [0.717, 1.165) is 22.3 Å². The summed E-state index contributed by atoms with van der Waals surface area (Å²) < 4.78 is 0. The van der Waals surface area contributed by atoms with Gasteiger partial charge < -0.3 is 15.3 Å². The second kappa shape index (κ2) is 7.41. The topological polar surface area (TPSA) is 60.7 Å². The van der Waals surface area contributed by atoms with Crippen molar-refractivity contribution in [1.29, 1.82) is 0 Å². The molecule has 3 heteroatoms. The van der Waals surface area contributed by atoms with Crippen molar-refractivity contribution >= 4 is 24.3 Å². The van der Waals surface area contributed by atoms with Crippen LogP contribution in [0.15, 0.2) is 66.7 Å². The summed E-state index contributed by atoms with van der Waals surface area (Å²) in [5.74, 6) is 0.659. The first-order chi connectivity index (χ1) is 12.1. The lowest BCUT2D eigenvalue weighted by Crippen LogP contribution is -1.78. The maximum absolute atomic E-state index is 10.2. The van der Waals surface area contributed by atoms with Crippen molar-refractivity contribution in [3.05, 3.63) is 89.0 Å². The van der Waals surface area contributed by atoms with E-state index in [0.29, 0.717) is 0 Å². The summed E-state index contributed by atoms with van der Waals surface area (Å²) in [5, 5.41) is 28.7. The third-order valence-corrected chi connectivity index (χ3v) is 3.76. The minimum Gasteiger partial charge on any atom is -0.508 e. The number of aromatic hydroxyl groups is 3. The standard InChI is InChI=1S/C22H18O3/c23-20-11-5-16(6-12-20)1-2-18-4-10-19(22(25)15-18)9-3-17-7-13-21(24)14-8-17/h1-15,23-25H/b2-1+,9-3+. The van der Waals surface area contributed by atoms with E-state index in [9.17, 15) is 15.3 Å². The van der Waals surface area contributed by atoms with Gasteiger partial charge in [-0.2, -0.15) is 0 Å². The zero-order chi connectivity index (χ0) is 17.6. The second-order valence-corrected chi connectivity index (χ2v) is 5.67. The Labute approximate surface area is 146 Å². The summed E-state index contributed by atoms with van der Waals surface area (Å²) in [6.45, 7) is 0. The minimum absolute atomic E-state index is 0.197. The van der Waals surface area contributed by atoms with Gasteiger partial charge in [0.1, 0.15) is 17.2 Å². The van der Waals surface area contributed by atoms with E-state index in [1.807, 2.05) is 48.6 Å². The predicted molar refractivity (Wildman–Crippen MR) is 102 cm³/mol. The number of phenolic OH excluding ortho intramolecular Hbond substituents is 3. The van der Waals surface area contributed by atoms with Crippen LogP contribution in [0.5, 0.6) is 17.2 Å². The highest BCUT2D eigenvalue weighted by Crippen LogP contribution is 2.23. The lowest BCUT2D eigenvalue weighted by Gasteiger charge is -2.02. The third-order valence-electron chi connectivity index (χ3n) is 3.76. The van der Waals surface area contributed by atoms with Gasteiger partial charge in [-0.1, -0.05) is 60.7 Å². The van der Waals surface area contributed by atoms with Crippen LogP contribution in [-0.4, -0.2) is 15.3 Å². The second-order valence-electron chi connectivity index (χ2n) is 5.67. The fourth-order valence-corrected chi connectivity index (χ4v) is 2.35. The third kappa shape index (κ3) is 4.52. The van der Waals surface area contributed by atoms with Gasteiger partial charge in [-0.05, 0) is 47.0 Å². The molecule has 124 valence electrons. The summed E-state index contributed by atoms with van der Waals surface area (Å²) >= 11 is 0. The summed E-state index contributed by atoms with van der Waals surface area (Å²) in [6.07, 6.45) is 7.52. The van der Waals surface area contributed by atoms with Crippen molar-refractivity contribution in [1.82, 2.24) is 0 Å². The van der Waals surface area contributed by atoms with Crippen LogP contribution in [0.1, 0.15) is 22.3 Å². The molecule has 0 aliphatic rings. The Hall–Kier alpha value is -3.46. The van der Waals surface area contributed by atoms with Crippen molar-refractivity contribution < 1.29 is 15.3 Å². The van der Waals surface area contributed by atoms with Crippen LogP contribution < -0.4 is 0 Å². The zero-order valence-corrected chi connectivity index (χ0v) is 13.5. The van der Waals surface area contributed by atoms with Crippen LogP contribution in [-0.2, 0) is 0 Å². The molecule has 0 saturated carbocycles. The summed E-state index contributed by atoms with van der Waals surface area (Å²) in [7, 11) is 0. The van der Waals surface area contributed by atoms with Crippen molar-refractivity contribution in [2.75, 3.05) is 0 Å². The molecule has 0 amide bonds. The van der Waals surface area contributed by atoms with Gasteiger partial charge in [-0.25, -0.2) is 0 Å². The highest BCUT2D eigenvalue weighted by Gasteiger charge is 1.99. The van der Waals surface area contributed by atoms with Crippen LogP contribution in [0.4, 0.5) is 0 Å². The highest BCUT2D eigenvalue weighted by molar-refractivity contribution is 5.75. The Morgan fingerprint density at radius 1 is 0.480 bits per heavy atom. The van der Waals surface area contributed by atoms with E-state index < -0.39 is 0 Å². The molecule has 0 aliphatic heterocycles. The Morgan fingerprint density at radius 2 is 0.920 bits per heavy atom. The predicted octanol–water partition coefficient (Wildman–Crippen LogP) is 5.14. The molecule has 3 aromatic carbocycles. The summed E-state index contributed by atoms with van der Waals surface area (Å²) in [5.41, 5.74) is 3.50. The number of hydrogen-bond donors (Lipinski definition) is 3. The first-order valence-electron chi connectivity index (χ1n) is 7.87. The first kappa shape index (κ1) is 16.4. The van der Waals surface area contributed by atoms with Gasteiger partial charge in [0.25, 0.3) is 0 Å². The van der Waals surface area contributed by atoms with Gasteiger partial charge in [0.2, 0.25) is 0 Å². The molecule has 0 fully saturated rings. The molecular weight excluding hydrogens is 312 g/mol. The normalized spacial score (nSPS) is 11.4. The van der Waals surface area contributed by atoms with Crippen LogP contribution in [0.25, 0.3) is 24.3 Å². The van der Waals surface area contributed by atoms with Crippen molar-refractivity contribution in [3.63, 3.8) is 0 Å². The maximum Gasteiger partial charge on any atom is 0.123 e. The number of benzene rings is 3. The molecule has 3 aromatic rings. The molecule has 0 saturated heterocycles. The van der Waals surface area contributed by atoms with Gasteiger partial charge in [-0.3, -0.25) is 0 Å². The summed E-state index contributed by atoms with van der Waals surface area (Å²) in [4.78, 5) is 0. The van der Waals surface area contributed by atoms with E-state index in [1.54, 1.807) is 42.5 Å². The molecule has 0 heterocycles. The van der Waals surface area contributed by atoms with E-state index in [1.165, 1.54) is 0 Å². The molecule has 25 heavy (non-hydrogen) atoms. The molecule has 0 spiro atoms. The lowest BCUT2D eigenvalue weighted by molar-refractivity contribution is 0.473. The van der Waals surface area contributed by atoms with Crippen molar-refractivity contribution in [2.45, 2.75) is 0 Å². The Morgan fingerprint density at radius 3 is 1.44 bits per heavy atom. The van der Waals surface area contributed by atoms with Gasteiger partial charge in [0, 0.05) is 5.56 Å². The molecule has 0 radical (unpaired) electrons. The quantitative estimate of drug-likeness (QED) is 0.580. The number of rotatable bonds is 4. The van der Waals surface area contributed by atoms with Gasteiger partial charge in [0.15, 0.2) is 0 Å². The van der Waals surface area contributed by atoms with E-state index in [-0.39, 0.29) is 17.2 Å². The smallest absolute Gasteiger partial charge is 0.123 e. The highest BCUT2D eigenvalue weighted by atomic mass is 16.3. The van der Waals surface area contributed by atoms with Crippen LogP contribution in [0, 0.1) is 0 Å². The van der Waals surface area contributed by atoms with E-state index in [2.05, 4.69) is 0 Å². The first-order valence-corrected chi connectivity index (χ1v) is 7.87. The molecular formula is C22H18O3. The molecule has 3 nitrogen and oxygen atoms in total. The van der Waals surface area contributed by atoms with Gasteiger partial charge >= 0.3 is 0 Å². The minimum atomic E-state index is 0.197. The number of hydrogen-bond acceptors (Lipinski definition) is 3. The molecule has 0 unspecified atom stereocenters. The summed E-state index contributed by atoms with van der Waals surface area (Å²) in [6, 6.07) is 19.2. The average molecular weight is 330 g/mol. The Kier molecular flexibility index (Phi) is 4.86. The van der Waals surface area contributed by atoms with Gasteiger partial charge in [0.05, 0.1) is 0 Å². The molecule has 0 aliphatic carbocycles. The molecule has 3 rings (SSSR count). The van der Waals surface area contributed by atoms with E-state index >= 15 is 0 Å². The average Bonchev–Trinajstić information content (AvgIpc) is 2.62. The fourth-order valence-electron chi connectivity index (χ4n) is 2.35. The SMILES string of the molecule is Oc1ccc(/C=C/c2ccc(/C=C/c3ccc(O)cc3)c(O)c2)cc1. The Bertz CT molecular complexity index is 905. The molecule has 0 bridgehead atoms. The van der Waals surface area contributed by atoms with E-state index in [4.69, 9.17) is 0 Å². The number of phenols is 3. The zero-order valence-electron chi connectivity index (χ0n) is 13.5. The van der Waals surface area contributed by atoms with Crippen molar-refractivity contribution in [2.24, 2.45) is 0 Å². The van der Waals surface area contributed by atoms with Crippen LogP contribution >= 0.6 is 0 Å². The van der Waals surface area contributed by atoms with Crippen molar-refractivity contribution in [3.8, 4) is 17.2 Å². The maximum atomic E-state index is 10.2. The molecule has 0 aromatic heterocycles. The molecule has 3 N–H and O–H groups in total. The van der Waals surface area contributed by atoms with Crippen LogP contribution in [0.2, 0.25) is 0 Å². The largest absolute Gasteiger partial charge is 0.508 e. The monoisotopic (exact) mass is 330 g/mol. The Balaban J connectivity index is 1.74. The van der Waals surface area contributed by atoms with Gasteiger partial charge in [-0.15, -0.1) is 0 Å². The fraction of sp³-hybridized carbons (Fsp3) is 0. The van der Waals surface area contributed by atoms with Crippen LogP contribution in [0.3, 0.4) is 0 Å². The lowest BCUT2D eigenvalue weighted by atomic mass is 10.1. The molecule has 0 atom stereocenters.